The van der Waals surface area contributed by atoms with Crippen molar-refractivity contribution in [3.05, 3.63) is 53.8 Å². The summed E-state index contributed by atoms with van der Waals surface area (Å²) in [6, 6.07) is 10.5. The molecule has 1 nitrogen and oxygen atoms in total. The van der Waals surface area contributed by atoms with Crippen molar-refractivity contribution < 1.29 is 22.3 Å². The van der Waals surface area contributed by atoms with Gasteiger partial charge in [0.25, 0.3) is 0 Å². The van der Waals surface area contributed by atoms with Crippen LogP contribution in [-0.2, 0) is 6.42 Å². The lowest BCUT2D eigenvalue weighted by atomic mass is 9.73. The predicted molar refractivity (Wildman–Crippen MR) is 112 cm³/mol. The molecule has 5 heteroatoms. The van der Waals surface area contributed by atoms with Gasteiger partial charge in [0, 0.05) is 5.56 Å². The van der Waals surface area contributed by atoms with Crippen molar-refractivity contribution in [1.82, 2.24) is 0 Å². The maximum Gasteiger partial charge on any atom is 0.573 e. The fourth-order valence-corrected chi connectivity index (χ4v) is 4.75. The maximum atomic E-state index is 14.7. The molecule has 1 unspecified atom stereocenters. The fourth-order valence-electron chi connectivity index (χ4n) is 4.75. The lowest BCUT2D eigenvalue weighted by molar-refractivity contribution is -0.274. The van der Waals surface area contributed by atoms with Crippen molar-refractivity contribution >= 4 is 0 Å². The van der Waals surface area contributed by atoms with E-state index in [1.54, 1.807) is 12.1 Å². The van der Waals surface area contributed by atoms with Crippen LogP contribution in [0.2, 0.25) is 0 Å². The Kier molecular flexibility index (Phi) is 7.43. The summed E-state index contributed by atoms with van der Waals surface area (Å²) in [5.41, 5.74) is 1.87. The summed E-state index contributed by atoms with van der Waals surface area (Å²) in [6.45, 7) is 4.51. The molecule has 3 rings (SSSR count). The van der Waals surface area contributed by atoms with Crippen molar-refractivity contribution in [2.75, 3.05) is 0 Å². The molecule has 2 aromatic rings. The normalized spacial score (nSPS) is 20.7. The Bertz CT molecular complexity index is 805. The van der Waals surface area contributed by atoms with E-state index in [1.165, 1.54) is 62.8 Å². The standard InChI is InChI=1S/C25H30F4O/c1-3-4-18-5-8-20(9-6-18)17(2)15-19-7-14-23(24(26)16-19)21-10-12-22(13-11-21)30-25(27,28)29/h7,10-14,16-18,20H,3-6,8-9,15H2,1-2H3. The summed E-state index contributed by atoms with van der Waals surface area (Å²) in [5, 5.41) is 0. The molecule has 0 spiro atoms. The van der Waals surface area contributed by atoms with E-state index in [0.29, 0.717) is 23.0 Å². The summed E-state index contributed by atoms with van der Waals surface area (Å²) < 4.78 is 55.4. The highest BCUT2D eigenvalue weighted by atomic mass is 19.4. The van der Waals surface area contributed by atoms with Crippen LogP contribution in [0.4, 0.5) is 17.6 Å². The van der Waals surface area contributed by atoms with Gasteiger partial charge in [-0.2, -0.15) is 0 Å². The Morgan fingerprint density at radius 1 is 1.00 bits per heavy atom. The van der Waals surface area contributed by atoms with E-state index in [2.05, 4.69) is 18.6 Å². The number of alkyl halides is 3. The van der Waals surface area contributed by atoms with Gasteiger partial charge in [0.05, 0.1) is 0 Å². The average molecular weight is 423 g/mol. The van der Waals surface area contributed by atoms with E-state index in [0.717, 1.165) is 17.9 Å². The highest BCUT2D eigenvalue weighted by molar-refractivity contribution is 5.65. The van der Waals surface area contributed by atoms with Crippen LogP contribution in [0.1, 0.15) is 57.9 Å². The molecule has 0 radical (unpaired) electrons. The zero-order valence-corrected chi connectivity index (χ0v) is 17.6. The average Bonchev–Trinajstić information content (AvgIpc) is 2.68. The Labute approximate surface area is 176 Å². The molecule has 164 valence electrons. The van der Waals surface area contributed by atoms with Crippen LogP contribution in [0.5, 0.6) is 5.75 Å². The van der Waals surface area contributed by atoms with Gasteiger partial charge in [-0.1, -0.05) is 63.8 Å². The lowest BCUT2D eigenvalue weighted by Crippen LogP contribution is -2.21. The van der Waals surface area contributed by atoms with Gasteiger partial charge in [0.15, 0.2) is 0 Å². The maximum absolute atomic E-state index is 14.7. The third kappa shape index (κ3) is 6.23. The molecule has 0 saturated heterocycles. The van der Waals surface area contributed by atoms with Gasteiger partial charge in [-0.05, 0) is 66.3 Å². The van der Waals surface area contributed by atoms with Gasteiger partial charge in [0.1, 0.15) is 11.6 Å². The molecule has 0 N–H and O–H groups in total. The predicted octanol–water partition coefficient (Wildman–Crippen LogP) is 8.18. The monoisotopic (exact) mass is 422 g/mol. The number of hydrogen-bond acceptors (Lipinski definition) is 1. The Balaban J connectivity index is 1.61. The summed E-state index contributed by atoms with van der Waals surface area (Å²) in [5.74, 6) is 1.42. The summed E-state index contributed by atoms with van der Waals surface area (Å²) in [7, 11) is 0. The molecule has 2 aromatic carbocycles. The third-order valence-electron chi connectivity index (χ3n) is 6.38. The molecule has 0 heterocycles. The van der Waals surface area contributed by atoms with Gasteiger partial charge in [-0.15, -0.1) is 13.2 Å². The van der Waals surface area contributed by atoms with Crippen LogP contribution >= 0.6 is 0 Å². The number of hydrogen-bond donors (Lipinski definition) is 0. The first-order valence-corrected chi connectivity index (χ1v) is 10.9. The summed E-state index contributed by atoms with van der Waals surface area (Å²) in [6.07, 6.45) is 3.84. The van der Waals surface area contributed by atoms with E-state index in [1.807, 2.05) is 6.07 Å². The Hall–Kier alpha value is -2.04. The number of rotatable bonds is 7. The number of benzene rings is 2. The van der Waals surface area contributed by atoms with Crippen LogP contribution in [0.15, 0.2) is 42.5 Å². The first kappa shape index (κ1) is 22.6. The third-order valence-corrected chi connectivity index (χ3v) is 6.38. The second kappa shape index (κ2) is 9.84. The molecule has 0 bridgehead atoms. The van der Waals surface area contributed by atoms with Gasteiger partial charge in [0.2, 0.25) is 0 Å². The van der Waals surface area contributed by atoms with Crippen molar-refractivity contribution in [1.29, 1.82) is 0 Å². The van der Waals surface area contributed by atoms with Gasteiger partial charge < -0.3 is 4.74 Å². The molecule has 0 aromatic heterocycles. The highest BCUT2D eigenvalue weighted by Gasteiger charge is 2.31. The second-order valence-electron chi connectivity index (χ2n) is 8.64. The van der Waals surface area contributed by atoms with Gasteiger partial charge in [-0.3, -0.25) is 0 Å². The lowest BCUT2D eigenvalue weighted by Gasteiger charge is -2.32. The minimum atomic E-state index is -4.74. The zero-order chi connectivity index (χ0) is 21.7. The minimum Gasteiger partial charge on any atom is -0.406 e. The molecule has 1 atom stereocenters. The molecule has 0 aliphatic heterocycles. The van der Waals surface area contributed by atoms with Crippen LogP contribution in [-0.4, -0.2) is 6.36 Å². The molecular weight excluding hydrogens is 392 g/mol. The molecule has 30 heavy (non-hydrogen) atoms. The van der Waals surface area contributed by atoms with Gasteiger partial charge >= 0.3 is 6.36 Å². The molecule has 1 saturated carbocycles. The molecular formula is C25H30F4O. The second-order valence-corrected chi connectivity index (χ2v) is 8.64. The van der Waals surface area contributed by atoms with E-state index in [4.69, 9.17) is 0 Å². The molecule has 0 amide bonds. The van der Waals surface area contributed by atoms with Crippen LogP contribution < -0.4 is 4.74 Å². The SMILES string of the molecule is CCCC1CCC(C(C)Cc2ccc(-c3ccc(OC(F)(F)F)cc3)c(F)c2)CC1. The van der Waals surface area contributed by atoms with Crippen molar-refractivity contribution in [3.8, 4) is 16.9 Å². The molecule has 1 fully saturated rings. The van der Waals surface area contributed by atoms with Crippen LogP contribution in [0, 0.1) is 23.6 Å². The Morgan fingerprint density at radius 2 is 1.67 bits per heavy atom. The quantitative estimate of drug-likeness (QED) is 0.409. The van der Waals surface area contributed by atoms with Crippen LogP contribution in [0.3, 0.4) is 0 Å². The van der Waals surface area contributed by atoms with Crippen LogP contribution in [0.25, 0.3) is 11.1 Å². The number of halogens is 4. The van der Waals surface area contributed by atoms with E-state index >= 15 is 0 Å². The fraction of sp³-hybridized carbons (Fsp3) is 0.520. The highest BCUT2D eigenvalue weighted by Crippen LogP contribution is 2.37. The largest absolute Gasteiger partial charge is 0.573 e. The smallest absolute Gasteiger partial charge is 0.406 e. The zero-order valence-electron chi connectivity index (χ0n) is 17.6. The first-order valence-electron chi connectivity index (χ1n) is 10.9. The molecule has 1 aliphatic carbocycles. The van der Waals surface area contributed by atoms with E-state index in [-0.39, 0.29) is 11.6 Å². The van der Waals surface area contributed by atoms with Crippen molar-refractivity contribution in [3.63, 3.8) is 0 Å². The van der Waals surface area contributed by atoms with E-state index in [9.17, 15) is 17.6 Å². The Morgan fingerprint density at radius 3 is 2.23 bits per heavy atom. The first-order chi connectivity index (χ1) is 14.2. The summed E-state index contributed by atoms with van der Waals surface area (Å²) in [4.78, 5) is 0. The summed E-state index contributed by atoms with van der Waals surface area (Å²) >= 11 is 0. The minimum absolute atomic E-state index is 0.314. The topological polar surface area (TPSA) is 9.23 Å². The molecule has 1 aliphatic rings. The van der Waals surface area contributed by atoms with Gasteiger partial charge in [-0.25, -0.2) is 4.39 Å². The van der Waals surface area contributed by atoms with Crippen molar-refractivity contribution in [2.45, 2.75) is 65.2 Å². The van der Waals surface area contributed by atoms with Crippen molar-refractivity contribution in [2.24, 2.45) is 17.8 Å². The number of ether oxygens (including phenoxy) is 1. The van der Waals surface area contributed by atoms with E-state index < -0.39 is 6.36 Å².